The molecule has 0 saturated heterocycles. The van der Waals surface area contributed by atoms with Crippen LogP contribution in [0.3, 0.4) is 0 Å². The Bertz CT molecular complexity index is 1410. The van der Waals surface area contributed by atoms with E-state index in [1.165, 1.54) is 12.3 Å². The Labute approximate surface area is 250 Å². The van der Waals surface area contributed by atoms with Gasteiger partial charge in [0.25, 0.3) is 0 Å². The first-order valence-corrected chi connectivity index (χ1v) is 14.2. The number of carbonyl (C=O) groups excluding carboxylic acids is 2. The standard InChI is InChI=1S/C31H34Cl2N2O6/c1-5-39-29(37)25-16-28(34-17-26(25)33)40-24-12-10-19-9-11-23(14-21(19)15-24)35(30(38)41-31(2,3)4)18-27(36)20-7-6-8-22(32)13-20/h6-8,10,12-13,15-17,23,27,36H,5,9,11,14,18H2,1-4H3/t23-,27-/m0/s1. The molecule has 4 rings (SSSR count). The fraction of sp³-hybridized carbons (Fsp3) is 0.387. The third-order valence-corrected chi connectivity index (χ3v) is 7.14. The van der Waals surface area contributed by atoms with E-state index in [-0.39, 0.29) is 35.7 Å². The fourth-order valence-electron chi connectivity index (χ4n) is 4.70. The number of pyridine rings is 1. The molecule has 0 fully saturated rings. The first-order valence-electron chi connectivity index (χ1n) is 13.5. The summed E-state index contributed by atoms with van der Waals surface area (Å²) in [7, 11) is 0. The average molecular weight is 602 g/mol. The van der Waals surface area contributed by atoms with E-state index in [0.717, 1.165) is 17.5 Å². The molecule has 0 unspecified atom stereocenters. The Hall–Kier alpha value is -3.33. The lowest BCUT2D eigenvalue weighted by molar-refractivity contribution is 0.00194. The molecule has 8 nitrogen and oxygen atoms in total. The van der Waals surface area contributed by atoms with Crippen LogP contribution >= 0.6 is 23.2 Å². The SMILES string of the molecule is CCOC(=O)c1cc(Oc2ccc3c(c2)C[C@@H](N(C[C@H](O)c2cccc(Cl)c2)C(=O)OC(C)(C)C)CC3)ncc1Cl. The maximum atomic E-state index is 13.4. The molecule has 218 valence electrons. The highest BCUT2D eigenvalue weighted by Gasteiger charge is 2.33. The Morgan fingerprint density at radius 2 is 1.90 bits per heavy atom. The van der Waals surface area contributed by atoms with Crippen molar-refractivity contribution >= 4 is 35.3 Å². The van der Waals surface area contributed by atoms with Crippen LogP contribution in [0.4, 0.5) is 4.79 Å². The second-order valence-corrected chi connectivity index (χ2v) is 11.7. The summed E-state index contributed by atoms with van der Waals surface area (Å²) in [5.41, 5.74) is 2.24. The number of hydrogen-bond donors (Lipinski definition) is 1. The smallest absolute Gasteiger partial charge is 0.410 e. The highest BCUT2D eigenvalue weighted by Crippen LogP contribution is 2.32. The number of halogens is 2. The maximum absolute atomic E-state index is 13.4. The van der Waals surface area contributed by atoms with Gasteiger partial charge in [0.15, 0.2) is 0 Å². The molecule has 3 aromatic rings. The summed E-state index contributed by atoms with van der Waals surface area (Å²) in [5.74, 6) is 0.168. The number of esters is 1. The molecule has 0 spiro atoms. The van der Waals surface area contributed by atoms with Crippen LogP contribution in [-0.4, -0.2) is 51.8 Å². The van der Waals surface area contributed by atoms with Gasteiger partial charge in [-0.25, -0.2) is 14.6 Å². The van der Waals surface area contributed by atoms with E-state index < -0.39 is 23.8 Å². The molecule has 1 heterocycles. The number of aryl methyl sites for hydroxylation is 1. The second kappa shape index (κ2) is 13.1. The number of rotatable bonds is 8. The predicted molar refractivity (Wildman–Crippen MR) is 157 cm³/mol. The van der Waals surface area contributed by atoms with Crippen molar-refractivity contribution in [1.82, 2.24) is 9.88 Å². The van der Waals surface area contributed by atoms with E-state index in [2.05, 4.69) is 4.98 Å². The predicted octanol–water partition coefficient (Wildman–Crippen LogP) is 7.19. The largest absolute Gasteiger partial charge is 0.462 e. The Balaban J connectivity index is 1.55. The van der Waals surface area contributed by atoms with E-state index in [9.17, 15) is 14.7 Å². The number of aromatic nitrogens is 1. The third-order valence-electron chi connectivity index (χ3n) is 6.60. The molecule has 0 bridgehead atoms. The van der Waals surface area contributed by atoms with Crippen molar-refractivity contribution in [1.29, 1.82) is 0 Å². The molecule has 1 aromatic heterocycles. The number of hydrogen-bond acceptors (Lipinski definition) is 7. The molecule has 0 radical (unpaired) electrons. The van der Waals surface area contributed by atoms with E-state index in [1.807, 2.05) is 39.0 Å². The second-order valence-electron chi connectivity index (χ2n) is 10.9. The summed E-state index contributed by atoms with van der Waals surface area (Å²) in [6.07, 6.45) is 1.89. The fourth-order valence-corrected chi connectivity index (χ4v) is 5.08. The van der Waals surface area contributed by atoms with Crippen molar-refractivity contribution in [2.45, 2.75) is 64.7 Å². The van der Waals surface area contributed by atoms with E-state index in [4.69, 9.17) is 37.4 Å². The van der Waals surface area contributed by atoms with Crippen LogP contribution in [-0.2, 0) is 22.3 Å². The number of benzene rings is 2. The highest BCUT2D eigenvalue weighted by atomic mass is 35.5. The van der Waals surface area contributed by atoms with Crippen LogP contribution in [0.1, 0.15) is 67.3 Å². The van der Waals surface area contributed by atoms with Crippen LogP contribution in [0.25, 0.3) is 0 Å². The van der Waals surface area contributed by atoms with Crippen molar-refractivity contribution in [3.05, 3.63) is 87.0 Å². The molecule has 2 atom stereocenters. The number of carbonyl (C=O) groups is 2. The lowest BCUT2D eigenvalue weighted by Crippen LogP contribution is -2.47. The quantitative estimate of drug-likeness (QED) is 0.273. The van der Waals surface area contributed by atoms with E-state index in [0.29, 0.717) is 29.2 Å². The molecular formula is C31H34Cl2N2O6. The summed E-state index contributed by atoms with van der Waals surface area (Å²) in [4.78, 5) is 31.4. The Morgan fingerprint density at radius 1 is 1.12 bits per heavy atom. The molecule has 41 heavy (non-hydrogen) atoms. The summed E-state index contributed by atoms with van der Waals surface area (Å²) < 4.78 is 16.8. The molecule has 1 aliphatic rings. The number of fused-ring (bicyclic) bond motifs is 1. The van der Waals surface area contributed by atoms with Gasteiger partial charge in [-0.3, -0.25) is 0 Å². The minimum Gasteiger partial charge on any atom is -0.462 e. The van der Waals surface area contributed by atoms with Crippen molar-refractivity contribution in [2.24, 2.45) is 0 Å². The molecule has 1 amide bonds. The molecule has 0 aliphatic heterocycles. The van der Waals surface area contributed by atoms with E-state index in [1.54, 1.807) is 36.1 Å². The van der Waals surface area contributed by atoms with Gasteiger partial charge in [0.2, 0.25) is 5.88 Å². The van der Waals surface area contributed by atoms with Crippen LogP contribution in [0, 0.1) is 0 Å². The average Bonchev–Trinajstić information content (AvgIpc) is 2.91. The van der Waals surface area contributed by atoms with Crippen LogP contribution in [0.5, 0.6) is 11.6 Å². The summed E-state index contributed by atoms with van der Waals surface area (Å²) in [5, 5.41) is 11.7. The normalized spacial score (nSPS) is 15.4. The third kappa shape index (κ3) is 8.12. The molecule has 1 N–H and O–H groups in total. The number of nitrogens with zero attached hydrogens (tertiary/aromatic N) is 2. The summed E-state index contributed by atoms with van der Waals surface area (Å²) in [6.45, 7) is 7.43. The molecule has 0 saturated carbocycles. The lowest BCUT2D eigenvalue weighted by Gasteiger charge is -2.37. The highest BCUT2D eigenvalue weighted by molar-refractivity contribution is 6.33. The maximum Gasteiger partial charge on any atom is 0.410 e. The number of aliphatic hydroxyl groups is 1. The molecule has 10 heteroatoms. The van der Waals surface area contributed by atoms with Gasteiger partial charge in [0, 0.05) is 17.1 Å². The van der Waals surface area contributed by atoms with Gasteiger partial charge in [0.1, 0.15) is 11.4 Å². The van der Waals surface area contributed by atoms with Crippen molar-refractivity contribution in [3.8, 4) is 11.6 Å². The number of aliphatic hydroxyl groups excluding tert-OH is 1. The zero-order valence-electron chi connectivity index (χ0n) is 23.5. The van der Waals surface area contributed by atoms with Gasteiger partial charge in [0.05, 0.1) is 36.0 Å². The first-order chi connectivity index (χ1) is 19.4. The lowest BCUT2D eigenvalue weighted by atomic mass is 9.87. The van der Waals surface area contributed by atoms with E-state index >= 15 is 0 Å². The number of ether oxygens (including phenoxy) is 3. The topological polar surface area (TPSA) is 98.2 Å². The van der Waals surface area contributed by atoms with Crippen molar-refractivity contribution in [2.75, 3.05) is 13.2 Å². The Kier molecular flexibility index (Phi) is 9.79. The summed E-state index contributed by atoms with van der Waals surface area (Å²) >= 11 is 12.3. The van der Waals surface area contributed by atoms with Gasteiger partial charge in [-0.1, -0.05) is 41.4 Å². The van der Waals surface area contributed by atoms with Gasteiger partial charge in [-0.2, -0.15) is 0 Å². The van der Waals surface area contributed by atoms with Gasteiger partial charge < -0.3 is 24.2 Å². The van der Waals surface area contributed by atoms with Crippen molar-refractivity contribution in [3.63, 3.8) is 0 Å². The molecule has 2 aromatic carbocycles. The van der Waals surface area contributed by atoms with Crippen LogP contribution < -0.4 is 4.74 Å². The monoisotopic (exact) mass is 600 g/mol. The number of amides is 1. The minimum atomic E-state index is -0.943. The van der Waals surface area contributed by atoms with Crippen LogP contribution in [0.15, 0.2) is 54.7 Å². The van der Waals surface area contributed by atoms with Gasteiger partial charge >= 0.3 is 12.1 Å². The zero-order chi connectivity index (χ0) is 29.7. The van der Waals surface area contributed by atoms with Gasteiger partial charge in [-0.15, -0.1) is 0 Å². The first kappa shape index (κ1) is 30.6. The molecular weight excluding hydrogens is 567 g/mol. The van der Waals surface area contributed by atoms with Gasteiger partial charge in [-0.05, 0) is 87.9 Å². The van der Waals surface area contributed by atoms with Crippen LogP contribution in [0.2, 0.25) is 10.0 Å². The zero-order valence-corrected chi connectivity index (χ0v) is 25.0. The van der Waals surface area contributed by atoms with Crippen molar-refractivity contribution < 1.29 is 28.9 Å². The minimum absolute atomic E-state index is 0.0524. The Morgan fingerprint density at radius 3 is 2.61 bits per heavy atom. The summed E-state index contributed by atoms with van der Waals surface area (Å²) in [6, 6.07) is 13.9. The molecule has 1 aliphatic carbocycles.